The van der Waals surface area contributed by atoms with E-state index in [2.05, 4.69) is 10.6 Å². The smallest absolute Gasteiger partial charge is 0.331 e. The van der Waals surface area contributed by atoms with Crippen molar-refractivity contribution < 1.29 is 14.0 Å². The van der Waals surface area contributed by atoms with Crippen LogP contribution >= 0.6 is 0 Å². The number of aryl methyl sites for hydroxylation is 1. The standard InChI is InChI=1S/C27H28N4O5/c1-19-8-6-9-20(16-19)29-25(33)18-31-23-12-3-2-11-22(23)26(34)30(27(31)35)14-5-4-13-24(32)28-17-21-10-7-15-36-21/h2-3,6-12,15-16H,4-5,13-14,17-18H2,1H3,(H,28,32)(H,29,33). The number of hydrogen-bond donors (Lipinski definition) is 2. The lowest BCUT2D eigenvalue weighted by Gasteiger charge is -2.14. The lowest BCUT2D eigenvalue weighted by atomic mass is 10.2. The number of amides is 2. The molecule has 2 aromatic carbocycles. The van der Waals surface area contributed by atoms with Gasteiger partial charge in [0.1, 0.15) is 12.3 Å². The van der Waals surface area contributed by atoms with Crippen LogP contribution in [0.15, 0.2) is 80.9 Å². The maximum Gasteiger partial charge on any atom is 0.331 e. The van der Waals surface area contributed by atoms with Crippen LogP contribution in [0.3, 0.4) is 0 Å². The van der Waals surface area contributed by atoms with Crippen LogP contribution in [-0.2, 0) is 29.2 Å². The highest BCUT2D eigenvalue weighted by Gasteiger charge is 2.15. The molecule has 0 saturated heterocycles. The average Bonchev–Trinajstić information content (AvgIpc) is 3.39. The van der Waals surface area contributed by atoms with Crippen molar-refractivity contribution in [3.63, 3.8) is 0 Å². The van der Waals surface area contributed by atoms with Crippen molar-refractivity contribution in [1.29, 1.82) is 0 Å². The van der Waals surface area contributed by atoms with E-state index in [1.54, 1.807) is 48.7 Å². The van der Waals surface area contributed by atoms with Gasteiger partial charge in [-0.2, -0.15) is 0 Å². The van der Waals surface area contributed by atoms with Gasteiger partial charge in [0.25, 0.3) is 5.56 Å². The Morgan fingerprint density at radius 2 is 1.75 bits per heavy atom. The van der Waals surface area contributed by atoms with Gasteiger partial charge in [-0.05, 0) is 61.7 Å². The molecular weight excluding hydrogens is 460 g/mol. The van der Waals surface area contributed by atoms with Gasteiger partial charge in [0.2, 0.25) is 11.8 Å². The summed E-state index contributed by atoms with van der Waals surface area (Å²) in [7, 11) is 0. The number of unbranched alkanes of at least 4 members (excludes halogenated alkanes) is 1. The first kappa shape index (κ1) is 24.7. The number of benzene rings is 2. The third-order valence-electron chi connectivity index (χ3n) is 5.81. The third kappa shape index (κ3) is 5.99. The molecule has 2 amide bonds. The van der Waals surface area contributed by atoms with Crippen LogP contribution < -0.4 is 21.9 Å². The molecule has 2 N–H and O–H groups in total. The van der Waals surface area contributed by atoms with E-state index < -0.39 is 11.2 Å². The van der Waals surface area contributed by atoms with Crippen molar-refractivity contribution in [2.45, 2.75) is 45.8 Å². The molecule has 0 radical (unpaired) electrons. The molecule has 186 valence electrons. The van der Waals surface area contributed by atoms with E-state index in [9.17, 15) is 19.2 Å². The summed E-state index contributed by atoms with van der Waals surface area (Å²) in [6.07, 6.45) is 2.76. The van der Waals surface area contributed by atoms with Crippen LogP contribution in [-0.4, -0.2) is 20.9 Å². The number of rotatable bonds is 10. The fraction of sp³-hybridized carbons (Fsp3) is 0.259. The largest absolute Gasteiger partial charge is 0.467 e. The van der Waals surface area contributed by atoms with Gasteiger partial charge < -0.3 is 15.1 Å². The van der Waals surface area contributed by atoms with Gasteiger partial charge in [-0.1, -0.05) is 24.3 Å². The van der Waals surface area contributed by atoms with Crippen molar-refractivity contribution in [1.82, 2.24) is 14.5 Å². The van der Waals surface area contributed by atoms with Gasteiger partial charge in [0.05, 0.1) is 23.7 Å². The van der Waals surface area contributed by atoms with E-state index in [0.29, 0.717) is 41.7 Å². The molecule has 0 aliphatic rings. The highest BCUT2D eigenvalue weighted by molar-refractivity contribution is 5.91. The predicted octanol–water partition coefficient (Wildman–Crippen LogP) is 3.19. The molecule has 0 fully saturated rings. The second kappa shape index (κ2) is 11.4. The molecule has 4 rings (SSSR count). The lowest BCUT2D eigenvalue weighted by Crippen LogP contribution is -2.41. The van der Waals surface area contributed by atoms with E-state index in [1.807, 2.05) is 25.1 Å². The number of para-hydroxylation sites is 1. The van der Waals surface area contributed by atoms with Crippen molar-refractivity contribution in [2.75, 3.05) is 5.32 Å². The number of fused-ring (bicyclic) bond motifs is 1. The van der Waals surface area contributed by atoms with Gasteiger partial charge in [-0.3, -0.25) is 23.5 Å². The minimum Gasteiger partial charge on any atom is -0.467 e. The average molecular weight is 489 g/mol. The molecule has 0 atom stereocenters. The molecule has 2 aromatic heterocycles. The predicted molar refractivity (Wildman–Crippen MR) is 137 cm³/mol. The Balaban J connectivity index is 1.45. The minimum absolute atomic E-state index is 0.137. The normalized spacial score (nSPS) is 10.9. The summed E-state index contributed by atoms with van der Waals surface area (Å²) in [6.45, 7) is 2.15. The Morgan fingerprint density at radius 1 is 0.917 bits per heavy atom. The summed E-state index contributed by atoms with van der Waals surface area (Å²) in [5.41, 5.74) is 1.07. The zero-order valence-electron chi connectivity index (χ0n) is 20.0. The van der Waals surface area contributed by atoms with Gasteiger partial charge in [-0.25, -0.2) is 4.79 Å². The molecule has 0 aliphatic carbocycles. The van der Waals surface area contributed by atoms with Crippen LogP contribution in [0.25, 0.3) is 10.9 Å². The van der Waals surface area contributed by atoms with Crippen LogP contribution in [0.4, 0.5) is 5.69 Å². The van der Waals surface area contributed by atoms with Crippen molar-refractivity contribution >= 4 is 28.4 Å². The first-order chi connectivity index (χ1) is 17.4. The van der Waals surface area contributed by atoms with Gasteiger partial charge in [-0.15, -0.1) is 0 Å². The van der Waals surface area contributed by atoms with Gasteiger partial charge in [0.15, 0.2) is 0 Å². The number of aromatic nitrogens is 2. The Hall–Kier alpha value is -4.40. The highest BCUT2D eigenvalue weighted by Crippen LogP contribution is 2.11. The molecule has 0 unspecified atom stereocenters. The quantitative estimate of drug-likeness (QED) is 0.333. The first-order valence-electron chi connectivity index (χ1n) is 11.8. The zero-order chi connectivity index (χ0) is 25.5. The molecule has 0 bridgehead atoms. The topological polar surface area (TPSA) is 115 Å². The first-order valence-corrected chi connectivity index (χ1v) is 11.8. The van der Waals surface area contributed by atoms with E-state index in [4.69, 9.17) is 4.42 Å². The van der Waals surface area contributed by atoms with E-state index in [0.717, 1.165) is 10.1 Å². The molecule has 4 aromatic rings. The number of carbonyl (C=O) groups is 2. The summed E-state index contributed by atoms with van der Waals surface area (Å²) in [6, 6.07) is 17.6. The number of carbonyl (C=O) groups excluding carboxylic acids is 2. The molecule has 36 heavy (non-hydrogen) atoms. The minimum atomic E-state index is -0.555. The van der Waals surface area contributed by atoms with Crippen LogP contribution in [0.2, 0.25) is 0 Å². The monoisotopic (exact) mass is 488 g/mol. The number of nitrogens with one attached hydrogen (secondary N) is 2. The zero-order valence-corrected chi connectivity index (χ0v) is 20.0. The number of hydrogen-bond acceptors (Lipinski definition) is 5. The summed E-state index contributed by atoms with van der Waals surface area (Å²) < 4.78 is 7.65. The molecule has 0 aliphatic heterocycles. The van der Waals surface area contributed by atoms with Gasteiger partial charge in [0, 0.05) is 18.7 Å². The summed E-state index contributed by atoms with van der Waals surface area (Å²) >= 11 is 0. The second-order valence-corrected chi connectivity index (χ2v) is 8.57. The maximum absolute atomic E-state index is 13.3. The maximum atomic E-state index is 13.3. The molecule has 0 saturated carbocycles. The van der Waals surface area contributed by atoms with Crippen LogP contribution in [0, 0.1) is 6.92 Å². The SMILES string of the molecule is Cc1cccc(NC(=O)Cn2c(=O)n(CCCCC(=O)NCc3ccco3)c(=O)c3ccccc32)c1. The van der Waals surface area contributed by atoms with E-state index >= 15 is 0 Å². The van der Waals surface area contributed by atoms with E-state index in [-0.39, 0.29) is 31.3 Å². The second-order valence-electron chi connectivity index (χ2n) is 8.57. The van der Waals surface area contributed by atoms with E-state index in [1.165, 1.54) is 4.57 Å². The molecule has 9 heteroatoms. The fourth-order valence-electron chi connectivity index (χ4n) is 4.03. The van der Waals surface area contributed by atoms with Crippen LogP contribution in [0.5, 0.6) is 0 Å². The summed E-state index contributed by atoms with van der Waals surface area (Å²) in [5.74, 6) is 0.159. The Morgan fingerprint density at radius 3 is 2.53 bits per heavy atom. The Kier molecular flexibility index (Phi) is 7.79. The summed E-state index contributed by atoms with van der Waals surface area (Å²) in [4.78, 5) is 51.1. The fourth-order valence-corrected chi connectivity index (χ4v) is 4.03. The molecule has 9 nitrogen and oxygen atoms in total. The lowest BCUT2D eigenvalue weighted by molar-refractivity contribution is -0.121. The number of furan rings is 1. The third-order valence-corrected chi connectivity index (χ3v) is 5.81. The summed E-state index contributed by atoms with van der Waals surface area (Å²) in [5, 5.41) is 5.94. The van der Waals surface area contributed by atoms with Gasteiger partial charge >= 0.3 is 5.69 Å². The molecular formula is C27H28N4O5. The van der Waals surface area contributed by atoms with Crippen LogP contribution in [0.1, 0.15) is 30.6 Å². The molecule has 0 spiro atoms. The Labute approximate surface area is 207 Å². The van der Waals surface area contributed by atoms with Crippen molar-refractivity contribution in [3.8, 4) is 0 Å². The molecule has 2 heterocycles. The Bertz CT molecular complexity index is 1480. The number of nitrogens with zero attached hydrogens (tertiary/aromatic N) is 2. The number of anilines is 1. The van der Waals surface area contributed by atoms with Crippen molar-refractivity contribution in [2.24, 2.45) is 0 Å². The van der Waals surface area contributed by atoms with Crippen molar-refractivity contribution in [3.05, 3.63) is 99.1 Å². The highest BCUT2D eigenvalue weighted by atomic mass is 16.3.